The third-order valence-corrected chi connectivity index (χ3v) is 6.22. The van der Waals surface area contributed by atoms with Crippen molar-refractivity contribution >= 4 is 33.9 Å². The van der Waals surface area contributed by atoms with Crippen LogP contribution in [0, 0.1) is 13.8 Å². The zero-order valence-corrected chi connectivity index (χ0v) is 21.9. The molecule has 0 spiro atoms. The Labute approximate surface area is 222 Å². The lowest BCUT2D eigenvalue weighted by Gasteiger charge is -2.12. The number of carbonyl (C=O) groups is 2. The average Bonchev–Trinajstić information content (AvgIpc) is 3.23. The van der Waals surface area contributed by atoms with Gasteiger partial charge in [0.1, 0.15) is 39.7 Å². The van der Waals surface area contributed by atoms with Gasteiger partial charge in [0.15, 0.2) is 11.5 Å². The highest BCUT2D eigenvalue weighted by atomic mass is 16.5. The molecular formula is C30H24O9. The summed E-state index contributed by atoms with van der Waals surface area (Å²) in [6, 6.07) is 14.5. The van der Waals surface area contributed by atoms with Gasteiger partial charge in [0, 0.05) is 18.4 Å². The molecule has 0 aliphatic carbocycles. The van der Waals surface area contributed by atoms with Crippen LogP contribution in [0.3, 0.4) is 0 Å². The van der Waals surface area contributed by atoms with Crippen LogP contribution in [0.1, 0.15) is 28.8 Å². The van der Waals surface area contributed by atoms with Gasteiger partial charge in [0.25, 0.3) is 0 Å². The molecule has 0 atom stereocenters. The Kier molecular flexibility index (Phi) is 6.57. The van der Waals surface area contributed by atoms with Crippen molar-refractivity contribution in [2.45, 2.75) is 20.8 Å². The van der Waals surface area contributed by atoms with E-state index in [9.17, 15) is 14.4 Å². The summed E-state index contributed by atoms with van der Waals surface area (Å²) in [5.74, 6) is 1.05. The molecule has 5 aromatic rings. The molecule has 0 fully saturated rings. The molecule has 0 aliphatic rings. The van der Waals surface area contributed by atoms with Crippen molar-refractivity contribution in [2.75, 3.05) is 14.2 Å². The number of rotatable bonds is 6. The highest BCUT2D eigenvalue weighted by Gasteiger charge is 2.22. The molecule has 3 aromatic carbocycles. The van der Waals surface area contributed by atoms with Gasteiger partial charge in [-0.2, -0.15) is 0 Å². The van der Waals surface area contributed by atoms with Gasteiger partial charge in [-0.05, 0) is 61.9 Å². The fourth-order valence-electron chi connectivity index (χ4n) is 4.52. The van der Waals surface area contributed by atoms with Gasteiger partial charge in [0.2, 0.25) is 5.43 Å². The Bertz CT molecular complexity index is 1820. The standard InChI is InChI=1S/C30H24O9/c1-15-27(18-6-10-24(34-4)26(12-18)35-5)29(32)21-9-7-20(14-25(21)37-15)39-30(33)28-16(2)36-23-11-8-19(13-22(23)28)38-17(3)31/h6-14H,1-5H3. The van der Waals surface area contributed by atoms with Crippen LogP contribution < -0.4 is 24.4 Å². The van der Waals surface area contributed by atoms with Gasteiger partial charge in [-0.15, -0.1) is 0 Å². The van der Waals surface area contributed by atoms with Crippen molar-refractivity contribution in [2.24, 2.45) is 0 Å². The maximum absolute atomic E-state index is 13.4. The minimum atomic E-state index is -0.674. The van der Waals surface area contributed by atoms with Crippen molar-refractivity contribution in [3.8, 4) is 34.1 Å². The smallest absolute Gasteiger partial charge is 0.347 e. The van der Waals surface area contributed by atoms with E-state index in [1.54, 1.807) is 56.3 Å². The summed E-state index contributed by atoms with van der Waals surface area (Å²) in [5, 5.41) is 0.764. The maximum atomic E-state index is 13.4. The van der Waals surface area contributed by atoms with E-state index in [-0.39, 0.29) is 28.1 Å². The summed E-state index contributed by atoms with van der Waals surface area (Å²) in [4.78, 5) is 37.9. The highest BCUT2D eigenvalue weighted by molar-refractivity contribution is 6.06. The summed E-state index contributed by atoms with van der Waals surface area (Å²) < 4.78 is 33.1. The van der Waals surface area contributed by atoms with Gasteiger partial charge >= 0.3 is 11.9 Å². The first kappa shape index (κ1) is 25.6. The van der Waals surface area contributed by atoms with E-state index in [0.717, 1.165) is 0 Å². The Morgan fingerprint density at radius 2 is 1.41 bits per heavy atom. The average molecular weight is 529 g/mol. The molecule has 0 unspecified atom stereocenters. The SMILES string of the molecule is COc1ccc(-c2c(C)oc3cc(OC(=O)c4c(C)oc5ccc(OC(C)=O)cc45)ccc3c2=O)cc1OC. The molecule has 9 nitrogen and oxygen atoms in total. The highest BCUT2D eigenvalue weighted by Crippen LogP contribution is 2.34. The van der Waals surface area contributed by atoms with Crippen LogP contribution in [0.4, 0.5) is 0 Å². The van der Waals surface area contributed by atoms with Gasteiger partial charge in [0.05, 0.1) is 25.2 Å². The number of hydrogen-bond acceptors (Lipinski definition) is 9. The van der Waals surface area contributed by atoms with Gasteiger partial charge in [-0.3, -0.25) is 9.59 Å². The van der Waals surface area contributed by atoms with Crippen LogP contribution >= 0.6 is 0 Å². The van der Waals surface area contributed by atoms with E-state index in [4.69, 9.17) is 27.8 Å². The number of carbonyl (C=O) groups excluding carboxylic acids is 2. The Hall–Kier alpha value is -5.05. The van der Waals surface area contributed by atoms with E-state index in [2.05, 4.69) is 0 Å². The van der Waals surface area contributed by atoms with Crippen molar-refractivity contribution < 1.29 is 37.4 Å². The van der Waals surface area contributed by atoms with Crippen LogP contribution in [-0.4, -0.2) is 26.2 Å². The Morgan fingerprint density at radius 3 is 2.13 bits per heavy atom. The predicted molar refractivity (Wildman–Crippen MR) is 143 cm³/mol. The number of fused-ring (bicyclic) bond motifs is 2. The lowest BCUT2D eigenvalue weighted by Crippen LogP contribution is -2.11. The van der Waals surface area contributed by atoms with Crippen molar-refractivity contribution in [3.05, 3.63) is 81.9 Å². The molecule has 5 rings (SSSR count). The second kappa shape index (κ2) is 10.0. The Balaban J connectivity index is 1.50. The molecule has 9 heteroatoms. The molecular weight excluding hydrogens is 504 g/mol. The summed E-state index contributed by atoms with van der Waals surface area (Å²) in [5.41, 5.74) is 1.66. The van der Waals surface area contributed by atoms with E-state index in [0.29, 0.717) is 50.5 Å². The molecule has 0 N–H and O–H groups in total. The molecule has 0 aliphatic heterocycles. The molecule has 0 bridgehead atoms. The van der Waals surface area contributed by atoms with Crippen molar-refractivity contribution in [3.63, 3.8) is 0 Å². The van der Waals surface area contributed by atoms with Gasteiger partial charge in [-0.1, -0.05) is 6.07 Å². The van der Waals surface area contributed by atoms with Gasteiger partial charge < -0.3 is 27.8 Å². The first-order chi connectivity index (χ1) is 18.7. The maximum Gasteiger partial charge on any atom is 0.347 e. The first-order valence-electron chi connectivity index (χ1n) is 11.9. The lowest BCUT2D eigenvalue weighted by atomic mass is 10.0. The second-order valence-electron chi connectivity index (χ2n) is 8.76. The quantitative estimate of drug-likeness (QED) is 0.194. The molecule has 198 valence electrons. The summed E-state index contributed by atoms with van der Waals surface area (Å²) in [7, 11) is 3.06. The topological polar surface area (TPSA) is 114 Å². The second-order valence-corrected chi connectivity index (χ2v) is 8.76. The number of benzene rings is 3. The number of ether oxygens (including phenoxy) is 4. The fourth-order valence-corrected chi connectivity index (χ4v) is 4.52. The molecule has 0 amide bonds. The lowest BCUT2D eigenvalue weighted by molar-refractivity contribution is -0.131. The summed E-state index contributed by atoms with van der Waals surface area (Å²) >= 11 is 0. The van der Waals surface area contributed by atoms with E-state index >= 15 is 0 Å². The molecule has 0 saturated heterocycles. The molecule has 0 radical (unpaired) electrons. The minimum absolute atomic E-state index is 0.179. The van der Waals surface area contributed by atoms with Crippen molar-refractivity contribution in [1.82, 2.24) is 0 Å². The van der Waals surface area contributed by atoms with Crippen LogP contribution in [0.2, 0.25) is 0 Å². The number of hydrogen-bond donors (Lipinski definition) is 0. The third-order valence-electron chi connectivity index (χ3n) is 6.22. The number of furan rings is 1. The van der Waals surface area contributed by atoms with E-state index in [1.165, 1.54) is 33.3 Å². The largest absolute Gasteiger partial charge is 0.493 e. The molecule has 2 aromatic heterocycles. The molecule has 39 heavy (non-hydrogen) atoms. The zero-order chi connectivity index (χ0) is 27.8. The molecule has 0 saturated carbocycles. The van der Waals surface area contributed by atoms with Gasteiger partial charge in [-0.25, -0.2) is 4.79 Å². The molecule has 2 heterocycles. The van der Waals surface area contributed by atoms with Crippen LogP contribution in [0.25, 0.3) is 33.1 Å². The minimum Gasteiger partial charge on any atom is -0.493 e. The summed E-state index contributed by atoms with van der Waals surface area (Å²) in [6.07, 6.45) is 0. The van der Waals surface area contributed by atoms with Crippen LogP contribution in [-0.2, 0) is 4.79 Å². The van der Waals surface area contributed by atoms with E-state index < -0.39 is 11.9 Å². The number of esters is 2. The third kappa shape index (κ3) is 4.70. The van der Waals surface area contributed by atoms with Crippen LogP contribution in [0.15, 0.2) is 68.2 Å². The number of aryl methyl sites for hydroxylation is 2. The van der Waals surface area contributed by atoms with Crippen molar-refractivity contribution in [1.29, 1.82) is 0 Å². The zero-order valence-electron chi connectivity index (χ0n) is 21.9. The van der Waals surface area contributed by atoms with Crippen LogP contribution in [0.5, 0.6) is 23.0 Å². The monoisotopic (exact) mass is 528 g/mol. The first-order valence-corrected chi connectivity index (χ1v) is 11.9. The Morgan fingerprint density at radius 1 is 0.718 bits per heavy atom. The summed E-state index contributed by atoms with van der Waals surface area (Å²) in [6.45, 7) is 4.62. The number of methoxy groups -OCH3 is 2. The van der Waals surface area contributed by atoms with E-state index in [1.807, 2.05) is 0 Å². The fraction of sp³-hybridized carbons (Fsp3) is 0.167. The normalized spacial score (nSPS) is 11.0. The predicted octanol–water partition coefficient (Wildman–Crippen LogP) is 5.98.